The van der Waals surface area contributed by atoms with Crippen molar-refractivity contribution in [1.29, 1.82) is 0 Å². The summed E-state index contributed by atoms with van der Waals surface area (Å²) in [7, 11) is -4.68. The molecule has 0 bridgehead atoms. The van der Waals surface area contributed by atoms with Crippen molar-refractivity contribution >= 4 is 43.6 Å². The molecule has 1 rings (SSSR count). The van der Waals surface area contributed by atoms with Crippen molar-refractivity contribution in [2.75, 3.05) is 46.1 Å². The Bertz CT molecular complexity index is 1420. The predicted molar refractivity (Wildman–Crippen MR) is 269 cm³/mol. The minimum absolute atomic E-state index is 0.0131. The summed E-state index contributed by atoms with van der Waals surface area (Å²) in [6.45, 7) is 4.39. The van der Waals surface area contributed by atoms with Gasteiger partial charge in [-0.1, -0.05) is 201 Å². The average molecular weight is 1000 g/mol. The van der Waals surface area contributed by atoms with Crippen LogP contribution in [-0.2, 0) is 51.8 Å². The monoisotopic (exact) mass is 1000 g/mol. The van der Waals surface area contributed by atoms with Crippen LogP contribution in [0.5, 0.6) is 0 Å². The Morgan fingerprint density at radius 1 is 0.580 bits per heavy atom. The molecule has 1 aliphatic heterocycles. The van der Waals surface area contributed by atoms with E-state index >= 15 is 0 Å². The highest BCUT2D eigenvalue weighted by molar-refractivity contribution is 7.47. The number of carbonyl (C=O) groups is 6. The van der Waals surface area contributed by atoms with Gasteiger partial charge in [-0.25, -0.2) is 9.36 Å². The van der Waals surface area contributed by atoms with E-state index in [2.05, 4.69) is 24.5 Å². The number of hydrogen-bond acceptors (Lipinski definition) is 12. The van der Waals surface area contributed by atoms with E-state index in [-0.39, 0.29) is 70.3 Å². The number of hydrogen-bond donors (Lipinski definition) is 3. The molecule has 1 fully saturated rings. The van der Waals surface area contributed by atoms with Gasteiger partial charge in [-0.15, -0.1) is 0 Å². The van der Waals surface area contributed by atoms with Crippen LogP contribution in [-0.4, -0.2) is 97.7 Å². The summed E-state index contributed by atoms with van der Waals surface area (Å²) < 4.78 is 38.7. The lowest BCUT2D eigenvalue weighted by Crippen LogP contribution is -2.36. The maximum Gasteiger partial charge on any atom is 0.472 e. The Kier molecular flexibility index (Phi) is 40.5. The van der Waals surface area contributed by atoms with Crippen LogP contribution in [0.25, 0.3) is 0 Å². The first-order valence-corrected chi connectivity index (χ1v) is 28.9. The van der Waals surface area contributed by atoms with E-state index < -0.39 is 57.0 Å². The molecule has 0 saturated carbocycles. The molecule has 1 heterocycles. The van der Waals surface area contributed by atoms with Crippen molar-refractivity contribution in [1.82, 2.24) is 15.5 Å². The molecular weight excluding hydrogens is 906 g/mol. The Balaban J connectivity index is 2.37. The maximum absolute atomic E-state index is 12.8. The molecule has 0 radical (unpaired) electrons. The fourth-order valence-electron chi connectivity index (χ4n) is 8.20. The SMILES string of the molecule is CCCCCCCCCCCCCCCCCC(=O)OC[C@H](COP(=O)(O)OCCNC(=O)OCCNC(=O)CCN1C(=O)CC(C)C1=O)OC(=O)CCCCCCCCCCCCCCCCC. The minimum atomic E-state index is -4.68. The third-order valence-electron chi connectivity index (χ3n) is 12.4. The molecule has 402 valence electrons. The molecule has 0 aliphatic carbocycles. The summed E-state index contributed by atoms with van der Waals surface area (Å²) in [5.74, 6) is -2.38. The standard InChI is InChI=1S/C52H96N3O13P/c1-4-6-8-10-12-14-16-18-20-22-24-26-28-30-32-34-49(58)65-43-46(68-50(59)35-33-31-29-27-25-23-21-19-17-15-13-11-9-7-5-2)44-67-69(62,63)66-41-38-54-52(61)64-40-37-53-47(56)36-39-55-48(57)42-45(3)51(55)60/h45-46H,4-44H2,1-3H3,(H,53,56)(H,54,61)(H,62,63)/t45?,46-/m1/s1. The number of unbranched alkanes of at least 4 members (excludes halogenated alkanes) is 28. The van der Waals surface area contributed by atoms with Crippen molar-refractivity contribution in [3.63, 3.8) is 0 Å². The second-order valence-corrected chi connectivity index (χ2v) is 20.4. The molecule has 3 atom stereocenters. The van der Waals surface area contributed by atoms with Gasteiger partial charge in [0.25, 0.3) is 0 Å². The summed E-state index contributed by atoms with van der Waals surface area (Å²) in [6, 6.07) is 0. The molecule has 0 aromatic heterocycles. The third kappa shape index (κ3) is 38.3. The number of esters is 2. The molecule has 0 aromatic carbocycles. The topological polar surface area (TPSA) is 213 Å². The van der Waals surface area contributed by atoms with Gasteiger partial charge < -0.3 is 29.7 Å². The highest BCUT2D eigenvalue weighted by Crippen LogP contribution is 2.43. The lowest BCUT2D eigenvalue weighted by molar-refractivity contribution is -0.161. The molecule has 0 spiro atoms. The second kappa shape index (κ2) is 43.7. The first-order valence-electron chi connectivity index (χ1n) is 27.4. The molecule has 4 amide bonds. The van der Waals surface area contributed by atoms with Gasteiger partial charge in [-0.05, 0) is 12.8 Å². The zero-order valence-electron chi connectivity index (χ0n) is 43.4. The van der Waals surface area contributed by atoms with E-state index in [9.17, 15) is 38.2 Å². The highest BCUT2D eigenvalue weighted by Gasteiger charge is 2.35. The summed E-state index contributed by atoms with van der Waals surface area (Å²) in [5, 5.41) is 4.89. The van der Waals surface area contributed by atoms with Crippen molar-refractivity contribution in [3.05, 3.63) is 0 Å². The van der Waals surface area contributed by atoms with Gasteiger partial charge >= 0.3 is 25.9 Å². The van der Waals surface area contributed by atoms with Crippen LogP contribution in [0.2, 0.25) is 0 Å². The fraction of sp³-hybridized carbons (Fsp3) is 0.885. The number of ether oxygens (including phenoxy) is 3. The third-order valence-corrected chi connectivity index (χ3v) is 13.4. The van der Waals surface area contributed by atoms with Gasteiger partial charge in [-0.3, -0.25) is 37.9 Å². The normalized spacial score (nSPS) is 15.0. The van der Waals surface area contributed by atoms with Crippen molar-refractivity contribution in [3.8, 4) is 0 Å². The molecule has 0 aromatic rings. The number of phosphoric acid groups is 1. The van der Waals surface area contributed by atoms with Gasteiger partial charge in [0.15, 0.2) is 6.10 Å². The van der Waals surface area contributed by atoms with Crippen molar-refractivity contribution in [2.45, 2.75) is 245 Å². The number of phosphoric ester groups is 1. The number of alkyl carbamates (subject to hydrolysis) is 1. The number of nitrogens with one attached hydrogen (secondary N) is 2. The lowest BCUT2D eigenvalue weighted by atomic mass is 10.0. The van der Waals surface area contributed by atoms with Gasteiger partial charge in [0, 0.05) is 44.7 Å². The van der Waals surface area contributed by atoms with Gasteiger partial charge in [0.05, 0.1) is 19.8 Å². The van der Waals surface area contributed by atoms with Crippen LogP contribution >= 0.6 is 7.82 Å². The molecule has 69 heavy (non-hydrogen) atoms. The van der Waals surface area contributed by atoms with Crippen molar-refractivity contribution in [2.24, 2.45) is 5.92 Å². The quantitative estimate of drug-likeness (QED) is 0.0170. The highest BCUT2D eigenvalue weighted by atomic mass is 31.2. The van der Waals surface area contributed by atoms with Crippen LogP contribution in [0.4, 0.5) is 4.79 Å². The molecule has 1 saturated heterocycles. The largest absolute Gasteiger partial charge is 0.472 e. The average Bonchev–Trinajstić information content (AvgIpc) is 3.57. The molecule has 16 nitrogen and oxygen atoms in total. The molecule has 3 N–H and O–H groups in total. The zero-order valence-corrected chi connectivity index (χ0v) is 44.3. The molecular formula is C52H96N3O13P. The van der Waals surface area contributed by atoms with Crippen LogP contribution in [0.15, 0.2) is 0 Å². The van der Waals surface area contributed by atoms with Gasteiger partial charge in [0.1, 0.15) is 13.2 Å². The maximum atomic E-state index is 12.8. The fourth-order valence-corrected chi connectivity index (χ4v) is 8.95. The summed E-state index contributed by atoms with van der Waals surface area (Å²) in [5.41, 5.74) is 0. The number of amides is 4. The summed E-state index contributed by atoms with van der Waals surface area (Å²) in [4.78, 5) is 84.8. The first kappa shape index (κ1) is 63.9. The van der Waals surface area contributed by atoms with Gasteiger partial charge in [-0.2, -0.15) is 0 Å². The first-order chi connectivity index (χ1) is 33.4. The minimum Gasteiger partial charge on any atom is -0.462 e. The van der Waals surface area contributed by atoms with E-state index in [1.54, 1.807) is 6.92 Å². The Hall–Kier alpha value is -3.07. The van der Waals surface area contributed by atoms with Crippen molar-refractivity contribution < 1.29 is 61.5 Å². The number of nitrogens with zero attached hydrogens (tertiary/aromatic N) is 1. The molecule has 1 aliphatic rings. The Labute approximate surface area is 416 Å². The number of carbonyl (C=O) groups excluding carboxylic acids is 6. The zero-order chi connectivity index (χ0) is 50.6. The van der Waals surface area contributed by atoms with Crippen LogP contribution in [0.3, 0.4) is 0 Å². The number of imide groups is 1. The Morgan fingerprint density at radius 3 is 1.46 bits per heavy atom. The smallest absolute Gasteiger partial charge is 0.462 e. The second-order valence-electron chi connectivity index (χ2n) is 18.9. The van der Waals surface area contributed by atoms with E-state index in [0.717, 1.165) is 43.4 Å². The van der Waals surface area contributed by atoms with E-state index in [0.29, 0.717) is 12.8 Å². The van der Waals surface area contributed by atoms with Crippen LogP contribution in [0.1, 0.15) is 239 Å². The van der Waals surface area contributed by atoms with Crippen LogP contribution < -0.4 is 10.6 Å². The van der Waals surface area contributed by atoms with Crippen LogP contribution in [0, 0.1) is 5.92 Å². The Morgan fingerprint density at radius 2 is 1.01 bits per heavy atom. The summed E-state index contributed by atoms with van der Waals surface area (Å²) in [6.07, 6.45) is 34.7. The molecule has 2 unspecified atom stereocenters. The van der Waals surface area contributed by atoms with E-state index in [4.69, 9.17) is 23.3 Å². The summed E-state index contributed by atoms with van der Waals surface area (Å²) >= 11 is 0. The molecule has 17 heteroatoms. The predicted octanol–water partition coefficient (Wildman–Crippen LogP) is 11.7. The van der Waals surface area contributed by atoms with Gasteiger partial charge in [0.2, 0.25) is 17.7 Å². The number of likely N-dealkylation sites (tertiary alicyclic amines) is 1. The lowest BCUT2D eigenvalue weighted by Gasteiger charge is -2.20. The number of rotatable bonds is 48. The van der Waals surface area contributed by atoms with E-state index in [1.165, 1.54) is 141 Å². The van der Waals surface area contributed by atoms with E-state index in [1.807, 2.05) is 0 Å².